The van der Waals surface area contributed by atoms with Crippen molar-refractivity contribution in [3.8, 4) is 5.75 Å². The van der Waals surface area contributed by atoms with Gasteiger partial charge >= 0.3 is 0 Å². The average molecular weight is 437 g/mol. The number of hydrogen-bond donors (Lipinski definition) is 2. The highest BCUT2D eigenvalue weighted by atomic mass is 32.2. The zero-order chi connectivity index (χ0) is 22.3. The second kappa shape index (κ2) is 9.79. The van der Waals surface area contributed by atoms with Gasteiger partial charge in [0.1, 0.15) is 10.6 Å². The van der Waals surface area contributed by atoms with Gasteiger partial charge in [0, 0.05) is 23.5 Å². The summed E-state index contributed by atoms with van der Waals surface area (Å²) >= 11 is 0. The van der Waals surface area contributed by atoms with Crippen LogP contribution in [0.25, 0.3) is 6.08 Å². The van der Waals surface area contributed by atoms with Crippen LogP contribution in [0.2, 0.25) is 0 Å². The summed E-state index contributed by atoms with van der Waals surface area (Å²) in [5, 5.41) is 0. The molecular weight excluding hydrogens is 418 g/mol. The molecule has 0 radical (unpaired) electrons. The number of hydrazine groups is 1. The highest BCUT2D eigenvalue weighted by molar-refractivity contribution is 7.89. The van der Waals surface area contributed by atoms with E-state index in [0.29, 0.717) is 0 Å². The molecule has 3 rings (SSSR count). The third kappa shape index (κ3) is 5.62. The number of pyridine rings is 1. The Morgan fingerprint density at radius 3 is 2.35 bits per heavy atom. The molecule has 0 fully saturated rings. The van der Waals surface area contributed by atoms with Gasteiger partial charge in [0.15, 0.2) is 5.78 Å². The first-order valence-electron chi connectivity index (χ1n) is 9.08. The van der Waals surface area contributed by atoms with Crippen molar-refractivity contribution in [1.29, 1.82) is 0 Å². The molecule has 8 nitrogen and oxygen atoms in total. The molecular formula is C22H19N3O5S. The third-order valence-electron chi connectivity index (χ3n) is 4.21. The molecule has 1 amide bonds. The van der Waals surface area contributed by atoms with E-state index in [1.54, 1.807) is 6.08 Å². The first kappa shape index (κ1) is 21.9. The highest BCUT2D eigenvalue weighted by Gasteiger charge is 2.22. The largest absolute Gasteiger partial charge is 0.495 e. The van der Waals surface area contributed by atoms with Crippen molar-refractivity contribution < 1.29 is 22.7 Å². The van der Waals surface area contributed by atoms with Gasteiger partial charge in [0.25, 0.3) is 15.9 Å². The number of aromatic nitrogens is 1. The topological polar surface area (TPSA) is 114 Å². The number of carbonyl (C=O) groups is 2. The molecule has 0 spiro atoms. The van der Waals surface area contributed by atoms with E-state index in [2.05, 4.69) is 10.4 Å². The average Bonchev–Trinajstić information content (AvgIpc) is 2.81. The minimum Gasteiger partial charge on any atom is -0.495 e. The van der Waals surface area contributed by atoms with Crippen molar-refractivity contribution >= 4 is 27.8 Å². The molecule has 2 aromatic carbocycles. The molecule has 1 heterocycles. The number of hydrogen-bond acceptors (Lipinski definition) is 6. The molecule has 2 N–H and O–H groups in total. The van der Waals surface area contributed by atoms with Gasteiger partial charge in [-0.3, -0.25) is 20.0 Å². The van der Waals surface area contributed by atoms with Crippen LogP contribution >= 0.6 is 0 Å². The molecule has 0 saturated heterocycles. The van der Waals surface area contributed by atoms with Crippen LogP contribution in [-0.4, -0.2) is 32.2 Å². The number of allylic oxidation sites excluding steroid dienone is 1. The maximum atomic E-state index is 12.8. The molecule has 1 aromatic heterocycles. The third-order valence-corrected chi connectivity index (χ3v) is 5.47. The van der Waals surface area contributed by atoms with E-state index in [4.69, 9.17) is 4.74 Å². The zero-order valence-electron chi connectivity index (χ0n) is 16.5. The molecule has 0 aliphatic carbocycles. The maximum absolute atomic E-state index is 12.8. The monoisotopic (exact) mass is 437 g/mol. The Morgan fingerprint density at radius 1 is 0.968 bits per heavy atom. The lowest BCUT2D eigenvalue weighted by molar-refractivity contribution is 0.0944. The van der Waals surface area contributed by atoms with Crippen molar-refractivity contribution in [3.63, 3.8) is 0 Å². The summed E-state index contributed by atoms with van der Waals surface area (Å²) in [6.07, 6.45) is 5.80. The lowest BCUT2D eigenvalue weighted by Gasteiger charge is -2.12. The van der Waals surface area contributed by atoms with Gasteiger partial charge < -0.3 is 4.74 Å². The molecule has 0 aliphatic heterocycles. The smallest absolute Gasteiger partial charge is 0.266 e. The number of ketones is 1. The van der Waals surface area contributed by atoms with Crippen molar-refractivity contribution in [2.45, 2.75) is 4.90 Å². The Balaban J connectivity index is 1.81. The highest BCUT2D eigenvalue weighted by Crippen LogP contribution is 2.25. The summed E-state index contributed by atoms with van der Waals surface area (Å²) < 4.78 is 30.6. The second-order valence-corrected chi connectivity index (χ2v) is 7.92. The predicted molar refractivity (Wildman–Crippen MR) is 115 cm³/mol. The van der Waals surface area contributed by atoms with Crippen LogP contribution in [0.5, 0.6) is 5.75 Å². The summed E-state index contributed by atoms with van der Waals surface area (Å²) in [5.74, 6) is -1.03. The van der Waals surface area contributed by atoms with Crippen LogP contribution in [0, 0.1) is 0 Å². The number of ether oxygens (including phenoxy) is 1. The van der Waals surface area contributed by atoms with Gasteiger partial charge in [-0.25, -0.2) is 8.42 Å². The minimum atomic E-state index is -4.23. The van der Waals surface area contributed by atoms with Crippen LogP contribution in [0.4, 0.5) is 0 Å². The summed E-state index contributed by atoms with van der Waals surface area (Å²) in [5.41, 5.74) is 3.33. The van der Waals surface area contributed by atoms with Crippen LogP contribution in [-0.2, 0) is 10.0 Å². The van der Waals surface area contributed by atoms with Gasteiger partial charge in [-0.2, -0.15) is 0 Å². The Morgan fingerprint density at radius 2 is 1.68 bits per heavy atom. The SMILES string of the molecule is COc1ccc(C(=O)/C=C/c2ccccc2)cc1S(=O)(=O)NNC(=O)c1ccncc1. The first-order valence-corrected chi connectivity index (χ1v) is 10.6. The zero-order valence-corrected chi connectivity index (χ0v) is 17.3. The van der Waals surface area contributed by atoms with E-state index in [1.165, 1.54) is 55.9 Å². The summed E-state index contributed by atoms with van der Waals surface area (Å²) in [7, 11) is -2.92. The number of nitrogens with zero attached hydrogens (tertiary/aromatic N) is 1. The van der Waals surface area contributed by atoms with Crippen molar-refractivity contribution in [3.05, 3.63) is 95.8 Å². The maximum Gasteiger partial charge on any atom is 0.266 e. The van der Waals surface area contributed by atoms with E-state index < -0.39 is 15.9 Å². The number of rotatable bonds is 8. The molecule has 0 unspecified atom stereocenters. The molecule has 31 heavy (non-hydrogen) atoms. The van der Waals surface area contributed by atoms with Gasteiger partial charge in [-0.1, -0.05) is 36.4 Å². The number of benzene rings is 2. The standard InChI is InChI=1S/C22H19N3O5S/c1-30-20-10-8-18(19(26)9-7-16-5-3-2-4-6-16)15-21(20)31(28,29)25-24-22(27)17-11-13-23-14-12-17/h2-15,25H,1H3,(H,24,27)/b9-7+. The molecule has 3 aromatic rings. The van der Waals surface area contributed by atoms with Crippen LogP contribution < -0.4 is 15.0 Å². The van der Waals surface area contributed by atoms with E-state index >= 15 is 0 Å². The van der Waals surface area contributed by atoms with Crippen LogP contribution in [0.3, 0.4) is 0 Å². The van der Waals surface area contributed by atoms with Crippen molar-refractivity contribution in [2.24, 2.45) is 0 Å². The fourth-order valence-electron chi connectivity index (χ4n) is 2.62. The Hall–Kier alpha value is -3.82. The number of nitrogens with one attached hydrogen (secondary N) is 2. The predicted octanol–water partition coefficient (Wildman–Crippen LogP) is 2.61. The van der Waals surface area contributed by atoms with E-state index in [1.807, 2.05) is 35.2 Å². The first-order chi connectivity index (χ1) is 14.9. The van der Waals surface area contributed by atoms with Gasteiger partial charge in [0.2, 0.25) is 0 Å². The minimum absolute atomic E-state index is 0.0225. The summed E-state index contributed by atoms with van der Waals surface area (Å²) in [4.78, 5) is 30.2. The quantitative estimate of drug-likeness (QED) is 0.318. The number of carbonyl (C=O) groups excluding carboxylic acids is 2. The van der Waals surface area contributed by atoms with Crippen molar-refractivity contribution in [1.82, 2.24) is 15.2 Å². The fourth-order valence-corrected chi connectivity index (χ4v) is 3.65. The molecule has 9 heteroatoms. The van der Waals surface area contributed by atoms with Gasteiger partial charge in [0.05, 0.1) is 7.11 Å². The molecule has 0 aliphatic rings. The molecule has 0 saturated carbocycles. The van der Waals surface area contributed by atoms with Gasteiger partial charge in [-0.15, -0.1) is 4.83 Å². The Kier molecular flexibility index (Phi) is 6.91. The van der Waals surface area contributed by atoms with Crippen molar-refractivity contribution in [2.75, 3.05) is 7.11 Å². The number of amides is 1. The Bertz CT molecular complexity index is 1210. The van der Waals surface area contributed by atoms with E-state index in [9.17, 15) is 18.0 Å². The second-order valence-electron chi connectivity index (χ2n) is 6.27. The molecule has 158 valence electrons. The van der Waals surface area contributed by atoms with Crippen LogP contribution in [0.15, 0.2) is 84.0 Å². The molecule has 0 atom stereocenters. The lowest BCUT2D eigenvalue weighted by atomic mass is 10.1. The van der Waals surface area contributed by atoms with E-state index in [-0.39, 0.29) is 27.6 Å². The lowest BCUT2D eigenvalue weighted by Crippen LogP contribution is -2.41. The summed E-state index contributed by atoms with van der Waals surface area (Å²) in [6, 6.07) is 16.1. The fraction of sp³-hybridized carbons (Fsp3) is 0.0455. The molecule has 0 bridgehead atoms. The summed E-state index contributed by atoms with van der Waals surface area (Å²) in [6.45, 7) is 0. The number of methoxy groups -OCH3 is 1. The number of sulfonamides is 1. The Labute approximate surface area is 179 Å². The van der Waals surface area contributed by atoms with Crippen LogP contribution in [0.1, 0.15) is 26.3 Å². The normalized spacial score (nSPS) is 11.3. The van der Waals surface area contributed by atoms with Gasteiger partial charge in [-0.05, 0) is 42.0 Å². The van der Waals surface area contributed by atoms with E-state index in [0.717, 1.165) is 5.56 Å².